The largest absolute Gasteiger partial charge is 0.479 e. The number of β-amino-alcohol motifs (C(OH)–C–C–N with tert-alkyl or cyclic N) is 1. The van der Waals surface area contributed by atoms with Crippen molar-refractivity contribution in [3.8, 4) is 0 Å². The quantitative estimate of drug-likeness (QED) is 0.553. The number of carboxylic acid groups (broad SMARTS) is 1. The summed E-state index contributed by atoms with van der Waals surface area (Å²) in [6.07, 6.45) is 2.15. The summed E-state index contributed by atoms with van der Waals surface area (Å²) in [7, 11) is 0. The Morgan fingerprint density at radius 2 is 2.31 bits per heavy atom. The van der Waals surface area contributed by atoms with Gasteiger partial charge < -0.3 is 10.2 Å². The lowest BCUT2D eigenvalue weighted by molar-refractivity contribution is -0.159. The molecule has 1 saturated heterocycles. The maximum absolute atomic E-state index is 10.6. The maximum Gasteiger partial charge on any atom is 0.336 e. The molecule has 0 aromatic rings. The van der Waals surface area contributed by atoms with Crippen molar-refractivity contribution in [1.82, 2.24) is 10.4 Å². The first-order valence-electron chi connectivity index (χ1n) is 4.46. The Morgan fingerprint density at radius 3 is 2.77 bits per heavy atom. The van der Waals surface area contributed by atoms with Crippen LogP contribution in [0.3, 0.4) is 0 Å². The summed E-state index contributed by atoms with van der Waals surface area (Å²) in [4.78, 5) is 10.6. The van der Waals surface area contributed by atoms with Crippen molar-refractivity contribution in [2.24, 2.45) is 0 Å². The van der Waals surface area contributed by atoms with Crippen LogP contribution < -0.4 is 5.43 Å². The molecule has 0 radical (unpaired) electrons. The number of hydrogen-bond acceptors (Lipinski definition) is 4. The Labute approximate surface area is 77.3 Å². The first-order valence-corrected chi connectivity index (χ1v) is 4.46. The van der Waals surface area contributed by atoms with Gasteiger partial charge in [-0.1, -0.05) is 0 Å². The molecule has 5 nitrogen and oxygen atoms in total. The average molecular weight is 188 g/mol. The molecule has 0 spiro atoms. The normalized spacial score (nSPS) is 23.8. The number of rotatable bonds is 3. The maximum atomic E-state index is 10.6. The molecule has 1 fully saturated rings. The number of nitrogens with zero attached hydrogens (tertiary/aromatic N) is 1. The number of hydrazine groups is 1. The number of nitrogens with one attached hydrogen (secondary N) is 1. The van der Waals surface area contributed by atoms with Crippen LogP contribution in [0.1, 0.15) is 19.8 Å². The van der Waals surface area contributed by atoms with Gasteiger partial charge in [-0.2, -0.15) is 0 Å². The Morgan fingerprint density at radius 1 is 1.62 bits per heavy atom. The fourth-order valence-corrected chi connectivity index (χ4v) is 1.32. The summed E-state index contributed by atoms with van der Waals surface area (Å²) in [6, 6.07) is 0. The molecular formula is C8H16N2O3. The van der Waals surface area contributed by atoms with Crippen molar-refractivity contribution in [2.75, 3.05) is 19.6 Å². The molecule has 1 rings (SSSR count). The highest BCUT2D eigenvalue weighted by atomic mass is 16.4. The van der Waals surface area contributed by atoms with Crippen molar-refractivity contribution in [1.29, 1.82) is 0 Å². The van der Waals surface area contributed by atoms with E-state index in [2.05, 4.69) is 5.43 Å². The van der Waals surface area contributed by atoms with E-state index in [9.17, 15) is 9.90 Å². The number of hydrogen-bond donors (Lipinski definition) is 3. The van der Waals surface area contributed by atoms with Gasteiger partial charge in [0.25, 0.3) is 0 Å². The fourth-order valence-electron chi connectivity index (χ4n) is 1.32. The van der Waals surface area contributed by atoms with Gasteiger partial charge >= 0.3 is 5.97 Å². The zero-order valence-corrected chi connectivity index (χ0v) is 7.79. The van der Waals surface area contributed by atoms with Gasteiger partial charge in [0.05, 0.1) is 6.54 Å². The SMILES string of the molecule is CC(O)(CN1CCCCN1)C(=O)O. The Bertz CT molecular complexity index is 188. The molecule has 0 amide bonds. The van der Waals surface area contributed by atoms with Crippen LogP contribution >= 0.6 is 0 Å². The van der Waals surface area contributed by atoms with Crippen LogP contribution in [0.4, 0.5) is 0 Å². The second-order valence-corrected chi connectivity index (χ2v) is 3.62. The van der Waals surface area contributed by atoms with E-state index in [4.69, 9.17) is 5.11 Å². The predicted molar refractivity (Wildman–Crippen MR) is 47.1 cm³/mol. The monoisotopic (exact) mass is 188 g/mol. The molecule has 0 saturated carbocycles. The molecule has 1 aliphatic heterocycles. The number of carbonyl (C=O) groups is 1. The smallest absolute Gasteiger partial charge is 0.336 e. The molecule has 3 N–H and O–H groups in total. The molecule has 0 aromatic heterocycles. The van der Waals surface area contributed by atoms with Crippen LogP contribution in [0, 0.1) is 0 Å². The number of carboxylic acids is 1. The van der Waals surface area contributed by atoms with Crippen molar-refractivity contribution >= 4 is 5.97 Å². The van der Waals surface area contributed by atoms with Crippen molar-refractivity contribution in [3.05, 3.63) is 0 Å². The van der Waals surface area contributed by atoms with E-state index in [1.54, 1.807) is 5.01 Å². The van der Waals surface area contributed by atoms with Crippen molar-refractivity contribution in [2.45, 2.75) is 25.4 Å². The first-order chi connectivity index (χ1) is 6.02. The molecule has 1 unspecified atom stereocenters. The van der Waals surface area contributed by atoms with Crippen molar-refractivity contribution < 1.29 is 15.0 Å². The molecule has 5 heteroatoms. The number of aliphatic carboxylic acids is 1. The van der Waals surface area contributed by atoms with Gasteiger partial charge in [0.2, 0.25) is 0 Å². The summed E-state index contributed by atoms with van der Waals surface area (Å²) in [5, 5.41) is 19.9. The molecule has 0 aliphatic carbocycles. The number of aliphatic hydroxyl groups is 1. The van der Waals surface area contributed by atoms with Gasteiger partial charge in [-0.25, -0.2) is 9.80 Å². The van der Waals surface area contributed by atoms with Gasteiger partial charge in [-0.05, 0) is 19.8 Å². The molecule has 13 heavy (non-hydrogen) atoms. The third kappa shape index (κ3) is 2.95. The van der Waals surface area contributed by atoms with Gasteiger partial charge in [0.1, 0.15) is 0 Å². The highest BCUT2D eigenvalue weighted by molar-refractivity contribution is 5.76. The minimum Gasteiger partial charge on any atom is -0.479 e. The molecular weight excluding hydrogens is 172 g/mol. The van der Waals surface area contributed by atoms with Crippen LogP contribution in [-0.4, -0.2) is 46.4 Å². The van der Waals surface area contributed by atoms with Crippen LogP contribution in [-0.2, 0) is 4.79 Å². The van der Waals surface area contributed by atoms with E-state index >= 15 is 0 Å². The van der Waals surface area contributed by atoms with Gasteiger partial charge in [0.15, 0.2) is 5.60 Å². The van der Waals surface area contributed by atoms with Crippen LogP contribution in [0.25, 0.3) is 0 Å². The second-order valence-electron chi connectivity index (χ2n) is 3.62. The molecule has 1 atom stereocenters. The van der Waals surface area contributed by atoms with Crippen LogP contribution in [0.2, 0.25) is 0 Å². The summed E-state index contributed by atoms with van der Waals surface area (Å²) in [6.45, 7) is 3.09. The van der Waals surface area contributed by atoms with E-state index in [0.717, 1.165) is 25.9 Å². The van der Waals surface area contributed by atoms with E-state index in [1.165, 1.54) is 6.92 Å². The lowest BCUT2D eigenvalue weighted by Gasteiger charge is -2.32. The van der Waals surface area contributed by atoms with Crippen molar-refractivity contribution in [3.63, 3.8) is 0 Å². The van der Waals surface area contributed by atoms with E-state index < -0.39 is 11.6 Å². The Hall–Kier alpha value is -0.650. The van der Waals surface area contributed by atoms with Gasteiger partial charge in [0, 0.05) is 13.1 Å². The lowest BCUT2D eigenvalue weighted by atomic mass is 10.1. The molecule has 0 bridgehead atoms. The molecule has 0 aromatic carbocycles. The van der Waals surface area contributed by atoms with Gasteiger partial charge in [-0.15, -0.1) is 0 Å². The van der Waals surface area contributed by atoms with E-state index in [-0.39, 0.29) is 6.54 Å². The molecule has 1 heterocycles. The Kier molecular flexibility index (Phi) is 3.24. The third-order valence-electron chi connectivity index (χ3n) is 2.15. The molecule has 76 valence electrons. The topological polar surface area (TPSA) is 72.8 Å². The summed E-state index contributed by atoms with van der Waals surface area (Å²) >= 11 is 0. The summed E-state index contributed by atoms with van der Waals surface area (Å²) < 4.78 is 0. The summed E-state index contributed by atoms with van der Waals surface area (Å²) in [5.74, 6) is -1.18. The second kappa shape index (κ2) is 4.04. The Balaban J connectivity index is 2.41. The van der Waals surface area contributed by atoms with Crippen LogP contribution in [0.15, 0.2) is 0 Å². The van der Waals surface area contributed by atoms with Crippen LogP contribution in [0.5, 0.6) is 0 Å². The highest BCUT2D eigenvalue weighted by Crippen LogP contribution is 2.08. The average Bonchev–Trinajstić information content (AvgIpc) is 2.05. The first kappa shape index (κ1) is 10.4. The standard InChI is InChI=1S/C8H16N2O3/c1-8(13,7(11)12)6-10-5-3-2-4-9-10/h9,13H,2-6H2,1H3,(H,11,12). The fraction of sp³-hybridized carbons (Fsp3) is 0.875. The molecule has 1 aliphatic rings. The van der Waals surface area contributed by atoms with Gasteiger partial charge in [-0.3, -0.25) is 5.43 Å². The summed E-state index contributed by atoms with van der Waals surface area (Å²) in [5.41, 5.74) is 1.38. The van der Waals surface area contributed by atoms with E-state index in [0.29, 0.717) is 0 Å². The zero-order chi connectivity index (χ0) is 9.90. The highest BCUT2D eigenvalue weighted by Gasteiger charge is 2.32. The lowest BCUT2D eigenvalue weighted by Crippen LogP contribution is -2.53. The third-order valence-corrected chi connectivity index (χ3v) is 2.15. The zero-order valence-electron chi connectivity index (χ0n) is 7.79. The predicted octanol–water partition coefficient (Wildman–Crippen LogP) is -0.578. The van der Waals surface area contributed by atoms with E-state index in [1.807, 2.05) is 0 Å². The minimum absolute atomic E-state index is 0.127. The minimum atomic E-state index is -1.66.